The molecule has 0 aromatic carbocycles. The van der Waals surface area contributed by atoms with Crippen molar-refractivity contribution in [3.63, 3.8) is 0 Å². The van der Waals surface area contributed by atoms with Crippen molar-refractivity contribution in [2.45, 2.75) is 57.5 Å². The van der Waals surface area contributed by atoms with E-state index in [1.165, 1.54) is 56.9 Å². The SMILES string of the molecule is C=C1CCCC(C2CCCCC2)OC1. The topological polar surface area (TPSA) is 9.23 Å². The minimum atomic E-state index is 0.551. The predicted molar refractivity (Wildman–Crippen MR) is 59.3 cm³/mol. The Bertz CT molecular complexity index is 191. The molecule has 1 aliphatic carbocycles. The molecule has 2 rings (SSSR count). The van der Waals surface area contributed by atoms with Crippen molar-refractivity contribution in [2.24, 2.45) is 5.92 Å². The van der Waals surface area contributed by atoms with Crippen molar-refractivity contribution >= 4 is 0 Å². The standard InChI is InChI=1S/C13H22O/c1-11-6-5-9-13(14-10-11)12-7-3-2-4-8-12/h12-13H,1-10H2. The van der Waals surface area contributed by atoms with Crippen LogP contribution in [0, 0.1) is 5.92 Å². The Morgan fingerprint density at radius 1 is 1.00 bits per heavy atom. The molecule has 1 saturated carbocycles. The lowest BCUT2D eigenvalue weighted by Crippen LogP contribution is -2.25. The lowest BCUT2D eigenvalue weighted by Gasteiger charge is -2.29. The molecule has 1 unspecified atom stereocenters. The van der Waals surface area contributed by atoms with Gasteiger partial charge >= 0.3 is 0 Å². The van der Waals surface area contributed by atoms with Crippen LogP contribution in [0.1, 0.15) is 51.4 Å². The van der Waals surface area contributed by atoms with Crippen LogP contribution >= 0.6 is 0 Å². The summed E-state index contributed by atoms with van der Waals surface area (Å²) in [5, 5.41) is 0. The molecule has 0 aromatic rings. The van der Waals surface area contributed by atoms with Gasteiger partial charge in [0, 0.05) is 0 Å². The maximum Gasteiger partial charge on any atom is 0.0678 e. The lowest BCUT2D eigenvalue weighted by molar-refractivity contribution is 0.0135. The van der Waals surface area contributed by atoms with E-state index >= 15 is 0 Å². The van der Waals surface area contributed by atoms with Crippen LogP contribution < -0.4 is 0 Å². The second kappa shape index (κ2) is 4.97. The highest BCUT2D eigenvalue weighted by Gasteiger charge is 2.25. The van der Waals surface area contributed by atoms with E-state index in [4.69, 9.17) is 4.74 Å². The fourth-order valence-corrected chi connectivity index (χ4v) is 2.81. The Balaban J connectivity index is 1.86. The van der Waals surface area contributed by atoms with Crippen LogP contribution in [0.15, 0.2) is 12.2 Å². The highest BCUT2D eigenvalue weighted by Crippen LogP contribution is 2.32. The van der Waals surface area contributed by atoms with Crippen LogP contribution in [0.4, 0.5) is 0 Å². The van der Waals surface area contributed by atoms with Gasteiger partial charge in [0.2, 0.25) is 0 Å². The van der Waals surface area contributed by atoms with Gasteiger partial charge in [0.05, 0.1) is 12.7 Å². The Kier molecular flexibility index (Phi) is 3.63. The molecule has 0 aromatic heterocycles. The summed E-state index contributed by atoms with van der Waals surface area (Å²) >= 11 is 0. The van der Waals surface area contributed by atoms with Gasteiger partial charge in [-0.15, -0.1) is 0 Å². The van der Waals surface area contributed by atoms with Crippen LogP contribution in [0.2, 0.25) is 0 Å². The third-order valence-corrected chi connectivity index (χ3v) is 3.70. The number of hydrogen-bond donors (Lipinski definition) is 0. The van der Waals surface area contributed by atoms with E-state index in [1.807, 2.05) is 0 Å². The zero-order valence-corrected chi connectivity index (χ0v) is 9.13. The summed E-state index contributed by atoms with van der Waals surface area (Å²) < 4.78 is 5.96. The second-order valence-corrected chi connectivity index (χ2v) is 4.89. The van der Waals surface area contributed by atoms with Gasteiger partial charge in [-0.2, -0.15) is 0 Å². The summed E-state index contributed by atoms with van der Waals surface area (Å²) in [6, 6.07) is 0. The molecule has 1 saturated heterocycles. The van der Waals surface area contributed by atoms with Crippen LogP contribution in [-0.4, -0.2) is 12.7 Å². The Hall–Kier alpha value is -0.300. The average Bonchev–Trinajstić information content (AvgIpc) is 2.44. The van der Waals surface area contributed by atoms with Crippen molar-refractivity contribution in [3.8, 4) is 0 Å². The molecule has 1 nitrogen and oxygen atoms in total. The lowest BCUT2D eigenvalue weighted by atomic mass is 9.83. The third kappa shape index (κ3) is 2.60. The van der Waals surface area contributed by atoms with Gasteiger partial charge in [-0.05, 0) is 38.0 Å². The van der Waals surface area contributed by atoms with Crippen molar-refractivity contribution in [1.82, 2.24) is 0 Å². The summed E-state index contributed by atoms with van der Waals surface area (Å²) in [5.41, 5.74) is 1.29. The minimum Gasteiger partial charge on any atom is -0.374 e. The molecular weight excluding hydrogens is 172 g/mol. The van der Waals surface area contributed by atoms with E-state index < -0.39 is 0 Å². The first-order valence-corrected chi connectivity index (χ1v) is 6.14. The van der Waals surface area contributed by atoms with Crippen LogP contribution in [0.3, 0.4) is 0 Å². The first kappa shape index (κ1) is 10.2. The average molecular weight is 194 g/mol. The smallest absolute Gasteiger partial charge is 0.0678 e. The molecule has 1 aliphatic heterocycles. The highest BCUT2D eigenvalue weighted by molar-refractivity contribution is 4.96. The molecule has 2 fully saturated rings. The van der Waals surface area contributed by atoms with E-state index in [1.54, 1.807) is 0 Å². The molecule has 80 valence electrons. The molecule has 0 N–H and O–H groups in total. The molecule has 0 amide bonds. The normalized spacial score (nSPS) is 31.4. The van der Waals surface area contributed by atoms with Gasteiger partial charge in [-0.1, -0.05) is 31.4 Å². The maximum absolute atomic E-state index is 5.96. The van der Waals surface area contributed by atoms with Crippen molar-refractivity contribution in [2.75, 3.05) is 6.61 Å². The van der Waals surface area contributed by atoms with E-state index in [-0.39, 0.29) is 0 Å². The fraction of sp³-hybridized carbons (Fsp3) is 0.846. The quantitative estimate of drug-likeness (QED) is 0.578. The van der Waals surface area contributed by atoms with Gasteiger partial charge in [0.15, 0.2) is 0 Å². The maximum atomic E-state index is 5.96. The van der Waals surface area contributed by atoms with Gasteiger partial charge in [-0.25, -0.2) is 0 Å². The van der Waals surface area contributed by atoms with E-state index in [2.05, 4.69) is 6.58 Å². The summed E-state index contributed by atoms with van der Waals surface area (Å²) in [6.07, 6.45) is 11.4. The first-order chi connectivity index (χ1) is 6.86. The molecule has 0 bridgehead atoms. The molecule has 1 heteroatoms. The fourth-order valence-electron chi connectivity index (χ4n) is 2.81. The zero-order chi connectivity index (χ0) is 9.80. The second-order valence-electron chi connectivity index (χ2n) is 4.89. The van der Waals surface area contributed by atoms with Gasteiger partial charge < -0.3 is 4.74 Å². The predicted octanol–water partition coefficient (Wildman–Crippen LogP) is 3.69. The van der Waals surface area contributed by atoms with Gasteiger partial charge in [-0.3, -0.25) is 0 Å². The molecule has 0 radical (unpaired) electrons. The van der Waals surface area contributed by atoms with E-state index in [0.717, 1.165) is 12.5 Å². The Labute approximate surface area is 87.5 Å². The summed E-state index contributed by atoms with van der Waals surface area (Å²) in [7, 11) is 0. The molecular formula is C13H22O. The zero-order valence-electron chi connectivity index (χ0n) is 9.13. The summed E-state index contributed by atoms with van der Waals surface area (Å²) in [5.74, 6) is 0.856. The first-order valence-electron chi connectivity index (χ1n) is 6.14. The van der Waals surface area contributed by atoms with E-state index in [0.29, 0.717) is 6.10 Å². The molecule has 1 heterocycles. The highest BCUT2D eigenvalue weighted by atomic mass is 16.5. The molecule has 2 aliphatic rings. The number of rotatable bonds is 1. The Morgan fingerprint density at radius 3 is 2.57 bits per heavy atom. The van der Waals surface area contributed by atoms with Gasteiger partial charge in [0.1, 0.15) is 0 Å². The minimum absolute atomic E-state index is 0.551. The summed E-state index contributed by atoms with van der Waals surface area (Å²) in [6.45, 7) is 4.85. The molecule has 14 heavy (non-hydrogen) atoms. The number of ether oxygens (including phenoxy) is 1. The van der Waals surface area contributed by atoms with Crippen molar-refractivity contribution in [1.29, 1.82) is 0 Å². The van der Waals surface area contributed by atoms with Crippen LogP contribution in [-0.2, 0) is 4.74 Å². The monoisotopic (exact) mass is 194 g/mol. The van der Waals surface area contributed by atoms with Crippen LogP contribution in [0.5, 0.6) is 0 Å². The largest absolute Gasteiger partial charge is 0.374 e. The molecule has 1 atom stereocenters. The summed E-state index contributed by atoms with van der Waals surface area (Å²) in [4.78, 5) is 0. The third-order valence-electron chi connectivity index (χ3n) is 3.70. The van der Waals surface area contributed by atoms with E-state index in [9.17, 15) is 0 Å². The Morgan fingerprint density at radius 2 is 1.79 bits per heavy atom. The number of hydrogen-bond acceptors (Lipinski definition) is 1. The molecule has 0 spiro atoms. The van der Waals surface area contributed by atoms with Crippen molar-refractivity contribution < 1.29 is 4.74 Å². The van der Waals surface area contributed by atoms with Crippen LogP contribution in [0.25, 0.3) is 0 Å². The van der Waals surface area contributed by atoms with Gasteiger partial charge in [0.25, 0.3) is 0 Å². The van der Waals surface area contributed by atoms with Crippen molar-refractivity contribution in [3.05, 3.63) is 12.2 Å².